The molecule has 15 heavy (non-hydrogen) atoms. The lowest BCUT2D eigenvalue weighted by atomic mass is 11.3. The van der Waals surface area contributed by atoms with Gasteiger partial charge in [0.2, 0.25) is 25.2 Å². The van der Waals surface area contributed by atoms with E-state index in [1.807, 2.05) is 0 Å². The highest BCUT2D eigenvalue weighted by molar-refractivity contribution is 7.09. The summed E-state index contributed by atoms with van der Waals surface area (Å²) >= 11 is 0. The molecule has 1 heterocycles. The zero-order valence-electron chi connectivity index (χ0n) is 9.85. The molecule has 1 saturated heterocycles. The molecule has 0 radical (unpaired) electrons. The minimum absolute atomic E-state index is 1.74. The second-order valence-electron chi connectivity index (χ2n) is 4.59. The molecule has 1 rings (SSSR count). The fraction of sp³-hybridized carbons (Fsp3) is 0.333. The maximum atomic E-state index is 3.94. The first-order chi connectivity index (χ1) is 6.80. The molecule has 0 aromatic heterocycles. The van der Waals surface area contributed by atoms with Crippen molar-refractivity contribution in [2.24, 2.45) is 0 Å². The zero-order chi connectivity index (χ0) is 11.7. The highest BCUT2D eigenvalue weighted by Gasteiger charge is 2.47. The third-order valence-corrected chi connectivity index (χ3v) is 17.7. The van der Waals surface area contributed by atoms with E-state index in [1.165, 1.54) is 0 Å². The first-order valence-electron chi connectivity index (χ1n) is 5.09. The molecule has 0 saturated carbocycles. The molecule has 0 atom stereocenters. The van der Waals surface area contributed by atoms with Crippen LogP contribution in [0.4, 0.5) is 0 Å². The summed E-state index contributed by atoms with van der Waals surface area (Å²) in [6, 6.07) is 0. The van der Waals surface area contributed by atoms with Crippen LogP contribution in [0, 0.1) is 0 Å². The molecule has 0 bridgehead atoms. The Labute approximate surface area is 95.9 Å². The van der Waals surface area contributed by atoms with Crippen molar-refractivity contribution in [1.29, 1.82) is 0 Å². The van der Waals surface area contributed by atoms with Crippen molar-refractivity contribution in [1.82, 2.24) is 13.9 Å². The second-order valence-corrected chi connectivity index (χ2v) is 16.0. The summed E-state index contributed by atoms with van der Waals surface area (Å²) in [6.07, 6.45) is 0. The number of hydrogen-bond acceptors (Lipinski definition) is 3. The molecule has 1 fully saturated rings. The molecule has 0 aliphatic carbocycles. The summed E-state index contributed by atoms with van der Waals surface area (Å²) in [6.45, 7) is 18.5. The smallest absolute Gasteiger partial charge is 0.212 e. The van der Waals surface area contributed by atoms with E-state index in [1.54, 1.807) is 0 Å². The predicted molar refractivity (Wildman–Crippen MR) is 74.9 cm³/mol. The van der Waals surface area contributed by atoms with Gasteiger partial charge in [0.1, 0.15) is 0 Å². The van der Waals surface area contributed by atoms with E-state index in [4.69, 9.17) is 0 Å². The van der Waals surface area contributed by atoms with Gasteiger partial charge in [-0.05, 0) is 19.6 Å². The molecule has 0 aromatic carbocycles. The van der Waals surface area contributed by atoms with Gasteiger partial charge in [0.05, 0.1) is 0 Å². The van der Waals surface area contributed by atoms with E-state index in [0.717, 1.165) is 0 Å². The molecule has 1 aliphatic rings. The lowest BCUT2D eigenvalue weighted by Gasteiger charge is -2.49. The van der Waals surface area contributed by atoms with Crippen LogP contribution in [-0.2, 0) is 0 Å². The normalized spacial score (nSPS) is 45.8. The third-order valence-electron chi connectivity index (χ3n) is 2.78. The van der Waals surface area contributed by atoms with Crippen LogP contribution in [0.1, 0.15) is 0 Å². The summed E-state index contributed by atoms with van der Waals surface area (Å²) < 4.78 is 11.1. The van der Waals surface area contributed by atoms with E-state index >= 15 is 0 Å². The van der Waals surface area contributed by atoms with Crippen LogP contribution in [0.15, 0.2) is 36.8 Å². The summed E-state index contributed by atoms with van der Waals surface area (Å²) in [5.74, 6) is 0. The predicted octanol–water partition coefficient (Wildman–Crippen LogP) is 1.16. The quantitative estimate of drug-likeness (QED) is 0.663. The molecule has 3 nitrogen and oxygen atoms in total. The topological polar surface area (TPSA) is 36.1 Å². The third kappa shape index (κ3) is 2.65. The second kappa shape index (κ2) is 3.96. The Bertz CT molecular complexity index is 249. The molecule has 1 aliphatic heterocycles. The van der Waals surface area contributed by atoms with Gasteiger partial charge in [0.15, 0.2) is 0 Å². The lowest BCUT2D eigenvalue weighted by molar-refractivity contribution is 1.07. The van der Waals surface area contributed by atoms with Crippen LogP contribution in [0.5, 0.6) is 0 Å². The van der Waals surface area contributed by atoms with Crippen molar-refractivity contribution in [2.45, 2.75) is 19.6 Å². The highest BCUT2D eigenvalue weighted by Crippen LogP contribution is 2.14. The van der Waals surface area contributed by atoms with Crippen molar-refractivity contribution in [3.05, 3.63) is 36.8 Å². The van der Waals surface area contributed by atoms with Gasteiger partial charge in [-0.1, -0.05) is 17.1 Å². The average Bonchev–Trinajstić information content (AvgIpc) is 2.16. The summed E-state index contributed by atoms with van der Waals surface area (Å²) in [5, 5.41) is 0. The fourth-order valence-corrected chi connectivity index (χ4v) is 19.9. The summed E-state index contributed by atoms with van der Waals surface area (Å²) in [4.78, 5) is 0. The van der Waals surface area contributed by atoms with Crippen molar-refractivity contribution in [3.63, 3.8) is 0 Å². The monoisotopic (exact) mass is 255 g/mol. The number of nitrogens with one attached hydrogen (secondary N) is 3. The van der Waals surface area contributed by atoms with E-state index in [9.17, 15) is 0 Å². The Morgan fingerprint density at radius 2 is 0.867 bits per heavy atom. The van der Waals surface area contributed by atoms with Gasteiger partial charge in [0, 0.05) is 0 Å². The molecule has 0 aromatic rings. The Morgan fingerprint density at radius 3 is 1.00 bits per heavy atom. The average molecular weight is 256 g/mol. The first-order valence-corrected chi connectivity index (χ1v) is 12.8. The molecule has 6 heteroatoms. The molecular formula is C9H21N3Si3. The molecule has 84 valence electrons. The Hall–Kier alpha value is -0.249. The van der Waals surface area contributed by atoms with Crippen molar-refractivity contribution in [3.8, 4) is 0 Å². The van der Waals surface area contributed by atoms with Crippen molar-refractivity contribution >= 4 is 25.2 Å². The van der Waals surface area contributed by atoms with E-state index in [-0.39, 0.29) is 0 Å². The number of hydrogen-bond donors (Lipinski definition) is 3. The van der Waals surface area contributed by atoms with Crippen molar-refractivity contribution in [2.75, 3.05) is 0 Å². The van der Waals surface area contributed by atoms with E-state index in [0.29, 0.717) is 0 Å². The van der Waals surface area contributed by atoms with Gasteiger partial charge in [-0.15, -0.1) is 19.7 Å². The van der Waals surface area contributed by atoms with Crippen molar-refractivity contribution < 1.29 is 0 Å². The fourth-order valence-electron chi connectivity index (χ4n) is 2.02. The van der Waals surface area contributed by atoms with Crippen LogP contribution in [0.2, 0.25) is 19.6 Å². The minimum Gasteiger partial charge on any atom is -0.330 e. The standard InChI is InChI=1S/C9H21N3Si3/c1-7-13(4)10-14(5,8-2)12-15(6,9-3)11-13/h7-12H,1-3H2,4-6H3. The maximum absolute atomic E-state index is 3.94. The van der Waals surface area contributed by atoms with Gasteiger partial charge in [-0.2, -0.15) is 0 Å². The molecular weight excluding hydrogens is 234 g/mol. The van der Waals surface area contributed by atoms with Gasteiger partial charge in [-0.25, -0.2) is 0 Å². The van der Waals surface area contributed by atoms with Gasteiger partial charge >= 0.3 is 0 Å². The van der Waals surface area contributed by atoms with Crippen LogP contribution in [0.25, 0.3) is 0 Å². The van der Waals surface area contributed by atoms with Crippen LogP contribution >= 0.6 is 0 Å². The molecule has 3 N–H and O–H groups in total. The Balaban J connectivity index is 3.07. The highest BCUT2D eigenvalue weighted by atomic mass is 28.5. The van der Waals surface area contributed by atoms with Crippen LogP contribution < -0.4 is 13.9 Å². The van der Waals surface area contributed by atoms with Crippen LogP contribution in [0.3, 0.4) is 0 Å². The minimum atomic E-state index is -1.74. The number of rotatable bonds is 3. The first kappa shape index (κ1) is 12.8. The maximum Gasteiger partial charge on any atom is 0.212 e. The zero-order valence-corrected chi connectivity index (χ0v) is 12.9. The molecule has 0 amide bonds. The largest absolute Gasteiger partial charge is 0.330 e. The molecule has 0 unspecified atom stereocenters. The Kier molecular flexibility index (Phi) is 3.39. The van der Waals surface area contributed by atoms with E-state index in [2.05, 4.69) is 70.4 Å². The van der Waals surface area contributed by atoms with E-state index < -0.39 is 25.2 Å². The Morgan fingerprint density at radius 1 is 0.667 bits per heavy atom. The summed E-state index contributed by atoms with van der Waals surface area (Å²) in [7, 11) is -5.22. The molecule has 0 spiro atoms. The van der Waals surface area contributed by atoms with Gasteiger partial charge in [-0.3, -0.25) is 0 Å². The SMILES string of the molecule is C=C[Si]1(C)N[Si](C)(C=C)N[Si](C)(C=C)N1. The lowest BCUT2D eigenvalue weighted by Crippen LogP contribution is -2.89. The summed E-state index contributed by atoms with van der Waals surface area (Å²) in [5.41, 5.74) is 6.16. The van der Waals surface area contributed by atoms with Gasteiger partial charge < -0.3 is 13.9 Å². The van der Waals surface area contributed by atoms with Gasteiger partial charge in [0.25, 0.3) is 0 Å². The van der Waals surface area contributed by atoms with Crippen LogP contribution in [-0.4, -0.2) is 25.2 Å².